The van der Waals surface area contributed by atoms with Crippen molar-refractivity contribution in [3.63, 3.8) is 0 Å². The fraction of sp³-hybridized carbons (Fsp3) is 0.667. The number of piperidine rings is 1. The first-order valence-corrected chi connectivity index (χ1v) is 7.86. The first-order chi connectivity index (χ1) is 9.36. The Hall–Kier alpha value is -0.860. The zero-order valence-electron chi connectivity index (χ0n) is 13.2. The largest absolute Gasteiger partial charge is 0.384 e. The number of hydrogen-bond donors (Lipinski definition) is 1. The van der Waals surface area contributed by atoms with Crippen molar-refractivity contribution in [3.05, 3.63) is 34.9 Å². The molecule has 2 nitrogen and oxygen atoms in total. The normalized spacial score (nSPS) is 30.4. The Labute approximate surface area is 122 Å². The lowest BCUT2D eigenvalue weighted by Gasteiger charge is -2.47. The SMILES string of the molecule is Cc1cccc2c1C(O)(C1CCN(C)CC1)C(C)(C)C2. The first-order valence-electron chi connectivity index (χ1n) is 7.86. The topological polar surface area (TPSA) is 23.5 Å². The fourth-order valence-corrected chi connectivity index (χ4v) is 4.55. The number of hydrogen-bond acceptors (Lipinski definition) is 2. The summed E-state index contributed by atoms with van der Waals surface area (Å²) in [5.74, 6) is 0.385. The highest BCUT2D eigenvalue weighted by Crippen LogP contribution is 2.56. The third-order valence-corrected chi connectivity index (χ3v) is 5.71. The molecule has 0 spiro atoms. The number of aliphatic hydroxyl groups is 1. The molecule has 0 saturated carbocycles. The van der Waals surface area contributed by atoms with Crippen molar-refractivity contribution >= 4 is 0 Å². The van der Waals surface area contributed by atoms with Gasteiger partial charge < -0.3 is 10.0 Å². The summed E-state index contributed by atoms with van der Waals surface area (Å²) in [4.78, 5) is 2.38. The molecule has 1 fully saturated rings. The summed E-state index contributed by atoms with van der Waals surface area (Å²) >= 11 is 0. The van der Waals surface area contributed by atoms with Crippen LogP contribution < -0.4 is 0 Å². The molecule has 2 heteroatoms. The number of likely N-dealkylation sites (tertiary alicyclic amines) is 1. The van der Waals surface area contributed by atoms with Gasteiger partial charge in [0.05, 0.1) is 5.60 Å². The third-order valence-electron chi connectivity index (χ3n) is 5.71. The van der Waals surface area contributed by atoms with Crippen LogP contribution in [0, 0.1) is 18.3 Å². The van der Waals surface area contributed by atoms with Crippen LogP contribution >= 0.6 is 0 Å². The van der Waals surface area contributed by atoms with Crippen LogP contribution in [-0.2, 0) is 12.0 Å². The van der Waals surface area contributed by atoms with E-state index in [0.29, 0.717) is 5.92 Å². The molecule has 0 bridgehead atoms. The minimum absolute atomic E-state index is 0.0674. The molecule has 1 N–H and O–H groups in total. The van der Waals surface area contributed by atoms with Gasteiger partial charge >= 0.3 is 0 Å². The van der Waals surface area contributed by atoms with Crippen LogP contribution in [0.1, 0.15) is 43.4 Å². The fourth-order valence-electron chi connectivity index (χ4n) is 4.55. The zero-order chi connectivity index (χ0) is 14.5. The number of nitrogens with zero attached hydrogens (tertiary/aromatic N) is 1. The maximum absolute atomic E-state index is 11.7. The molecule has 0 aromatic heterocycles. The monoisotopic (exact) mass is 273 g/mol. The molecule has 1 unspecified atom stereocenters. The summed E-state index contributed by atoms with van der Waals surface area (Å²) in [5, 5.41) is 11.7. The molecule has 3 rings (SSSR count). The molecule has 2 aliphatic rings. The molecule has 1 saturated heterocycles. The van der Waals surface area contributed by atoms with Crippen LogP contribution in [0.2, 0.25) is 0 Å². The molecule has 1 aromatic carbocycles. The Bertz CT molecular complexity index is 514. The van der Waals surface area contributed by atoms with Crippen molar-refractivity contribution in [1.29, 1.82) is 0 Å². The van der Waals surface area contributed by atoms with Gasteiger partial charge in [0, 0.05) is 5.41 Å². The Kier molecular flexibility index (Phi) is 3.22. The van der Waals surface area contributed by atoms with E-state index in [9.17, 15) is 5.11 Å². The molecule has 1 aliphatic carbocycles. The number of benzene rings is 1. The lowest BCUT2D eigenvalue weighted by atomic mass is 9.65. The molecule has 1 atom stereocenters. The van der Waals surface area contributed by atoms with E-state index in [1.54, 1.807) is 0 Å². The highest BCUT2D eigenvalue weighted by atomic mass is 16.3. The first kappa shape index (κ1) is 14.1. The highest BCUT2D eigenvalue weighted by Gasteiger charge is 2.56. The molecule has 20 heavy (non-hydrogen) atoms. The average Bonchev–Trinajstić information content (AvgIpc) is 2.59. The van der Waals surface area contributed by atoms with E-state index < -0.39 is 5.60 Å². The molecule has 0 amide bonds. The van der Waals surface area contributed by atoms with Gasteiger partial charge in [0.25, 0.3) is 0 Å². The van der Waals surface area contributed by atoms with Crippen molar-refractivity contribution in [2.24, 2.45) is 11.3 Å². The van der Waals surface area contributed by atoms with Crippen LogP contribution in [0.25, 0.3) is 0 Å². The van der Waals surface area contributed by atoms with Crippen molar-refractivity contribution in [2.75, 3.05) is 20.1 Å². The summed E-state index contributed by atoms with van der Waals surface area (Å²) in [6.45, 7) is 8.84. The van der Waals surface area contributed by atoms with E-state index in [1.807, 2.05) is 0 Å². The average molecular weight is 273 g/mol. The number of fused-ring (bicyclic) bond motifs is 1. The van der Waals surface area contributed by atoms with Gasteiger partial charge in [0.15, 0.2) is 0 Å². The number of rotatable bonds is 1. The minimum atomic E-state index is -0.658. The van der Waals surface area contributed by atoms with E-state index in [-0.39, 0.29) is 5.41 Å². The van der Waals surface area contributed by atoms with E-state index in [4.69, 9.17) is 0 Å². The second-order valence-electron chi connectivity index (χ2n) is 7.51. The molecule has 1 aliphatic heterocycles. The van der Waals surface area contributed by atoms with Gasteiger partial charge in [-0.2, -0.15) is 0 Å². The van der Waals surface area contributed by atoms with Crippen molar-refractivity contribution in [2.45, 2.75) is 45.6 Å². The van der Waals surface area contributed by atoms with Crippen LogP contribution in [0.3, 0.4) is 0 Å². The maximum atomic E-state index is 11.7. The predicted octanol–water partition coefficient (Wildman–Crippen LogP) is 3.11. The molecular formula is C18H27NO. The van der Waals surface area contributed by atoms with Crippen LogP contribution in [-0.4, -0.2) is 30.1 Å². The van der Waals surface area contributed by atoms with Gasteiger partial charge in [-0.05, 0) is 68.9 Å². The smallest absolute Gasteiger partial charge is 0.0984 e. The molecule has 1 aromatic rings. The molecular weight excluding hydrogens is 246 g/mol. The second kappa shape index (κ2) is 4.57. The highest BCUT2D eigenvalue weighted by molar-refractivity contribution is 5.46. The van der Waals surface area contributed by atoms with Gasteiger partial charge in [-0.3, -0.25) is 0 Å². The molecule has 110 valence electrons. The quantitative estimate of drug-likeness (QED) is 0.850. The van der Waals surface area contributed by atoms with E-state index in [2.05, 4.69) is 50.9 Å². The Balaban J connectivity index is 2.07. The second-order valence-corrected chi connectivity index (χ2v) is 7.51. The zero-order valence-corrected chi connectivity index (χ0v) is 13.2. The summed E-state index contributed by atoms with van der Waals surface area (Å²) in [6, 6.07) is 6.49. The van der Waals surface area contributed by atoms with Crippen molar-refractivity contribution in [3.8, 4) is 0 Å². The van der Waals surface area contributed by atoms with Gasteiger partial charge in [-0.1, -0.05) is 32.0 Å². The van der Waals surface area contributed by atoms with Crippen LogP contribution in [0.15, 0.2) is 18.2 Å². The van der Waals surface area contributed by atoms with E-state index >= 15 is 0 Å². The Morgan fingerprint density at radius 3 is 2.50 bits per heavy atom. The summed E-state index contributed by atoms with van der Waals surface area (Å²) < 4.78 is 0. The maximum Gasteiger partial charge on any atom is 0.0984 e. The van der Waals surface area contributed by atoms with E-state index in [1.165, 1.54) is 16.7 Å². The van der Waals surface area contributed by atoms with Crippen LogP contribution in [0.4, 0.5) is 0 Å². The standard InChI is InChI=1S/C18H27NO/c1-13-6-5-7-14-12-17(2,3)18(20,16(13)14)15-8-10-19(4)11-9-15/h5-7,15,20H,8-12H2,1-4H3. The lowest BCUT2D eigenvalue weighted by Crippen LogP contribution is -2.49. The van der Waals surface area contributed by atoms with Crippen molar-refractivity contribution in [1.82, 2.24) is 4.90 Å². The van der Waals surface area contributed by atoms with Crippen molar-refractivity contribution < 1.29 is 5.11 Å². The van der Waals surface area contributed by atoms with Gasteiger partial charge in [0.1, 0.15) is 0 Å². The Morgan fingerprint density at radius 1 is 1.20 bits per heavy atom. The summed E-state index contributed by atoms with van der Waals surface area (Å²) in [6.07, 6.45) is 3.20. The summed E-state index contributed by atoms with van der Waals surface area (Å²) in [7, 11) is 2.18. The van der Waals surface area contributed by atoms with Gasteiger partial charge in [0.2, 0.25) is 0 Å². The van der Waals surface area contributed by atoms with Crippen LogP contribution in [0.5, 0.6) is 0 Å². The number of aryl methyl sites for hydroxylation is 1. The molecule has 0 radical (unpaired) electrons. The minimum Gasteiger partial charge on any atom is -0.384 e. The van der Waals surface area contributed by atoms with Gasteiger partial charge in [-0.15, -0.1) is 0 Å². The van der Waals surface area contributed by atoms with E-state index in [0.717, 1.165) is 32.4 Å². The molecule has 1 heterocycles. The predicted molar refractivity (Wildman–Crippen MR) is 82.8 cm³/mol. The summed E-state index contributed by atoms with van der Waals surface area (Å²) in [5.41, 5.74) is 3.13. The Morgan fingerprint density at radius 2 is 1.85 bits per heavy atom. The third kappa shape index (κ3) is 1.85. The lowest BCUT2D eigenvalue weighted by molar-refractivity contribution is -0.121. The van der Waals surface area contributed by atoms with Gasteiger partial charge in [-0.25, -0.2) is 0 Å².